The molecule has 0 saturated carbocycles. The molecule has 0 bridgehead atoms. The largest absolute Gasteiger partial charge is 0.484 e. The zero-order chi connectivity index (χ0) is 13.8. The summed E-state index contributed by atoms with van der Waals surface area (Å²) in [6.45, 7) is 12.3. The predicted octanol–water partition coefficient (Wildman–Crippen LogP) is 3.67. The molecule has 0 aliphatic rings. The van der Waals surface area contributed by atoms with E-state index in [1.165, 1.54) is 6.07 Å². The van der Waals surface area contributed by atoms with E-state index in [0.717, 1.165) is 5.56 Å². The van der Waals surface area contributed by atoms with Crippen LogP contribution in [0.1, 0.15) is 33.3 Å². The second kappa shape index (κ2) is 6.01. The first-order valence-corrected chi connectivity index (χ1v) is 6.14. The van der Waals surface area contributed by atoms with Gasteiger partial charge < -0.3 is 10.1 Å². The average molecular weight is 251 g/mol. The maximum atomic E-state index is 13.8. The first-order chi connectivity index (χ1) is 8.31. The topological polar surface area (TPSA) is 21.3 Å². The van der Waals surface area contributed by atoms with Crippen LogP contribution in [-0.4, -0.2) is 11.6 Å². The Balaban J connectivity index is 2.70. The molecule has 100 valence electrons. The van der Waals surface area contributed by atoms with Crippen LogP contribution in [0.3, 0.4) is 0 Å². The van der Waals surface area contributed by atoms with Crippen LogP contribution >= 0.6 is 0 Å². The Morgan fingerprint density at radius 1 is 1.44 bits per heavy atom. The highest BCUT2D eigenvalue weighted by Crippen LogP contribution is 2.20. The highest BCUT2D eigenvalue weighted by atomic mass is 19.1. The molecule has 1 aromatic rings. The van der Waals surface area contributed by atoms with Gasteiger partial charge in [0.25, 0.3) is 0 Å². The van der Waals surface area contributed by atoms with E-state index in [1.807, 2.05) is 13.0 Å². The van der Waals surface area contributed by atoms with Crippen molar-refractivity contribution in [3.05, 3.63) is 42.2 Å². The van der Waals surface area contributed by atoms with Gasteiger partial charge in [-0.25, -0.2) is 4.39 Å². The summed E-state index contributed by atoms with van der Waals surface area (Å²) in [6, 6.07) is 5.03. The molecule has 0 saturated heterocycles. The van der Waals surface area contributed by atoms with E-state index < -0.39 is 0 Å². The fraction of sp³-hybridized carbons (Fsp3) is 0.467. The second-order valence-corrected chi connectivity index (χ2v) is 5.43. The number of nitrogens with one attached hydrogen (secondary N) is 1. The lowest BCUT2D eigenvalue weighted by Crippen LogP contribution is -2.35. The van der Waals surface area contributed by atoms with Crippen molar-refractivity contribution in [2.75, 3.05) is 0 Å². The first kappa shape index (κ1) is 14.7. The molecule has 0 fully saturated rings. The van der Waals surface area contributed by atoms with Gasteiger partial charge in [0.05, 0.1) is 0 Å². The molecule has 0 radical (unpaired) electrons. The minimum Gasteiger partial charge on any atom is -0.484 e. The second-order valence-electron chi connectivity index (χ2n) is 5.43. The average Bonchev–Trinajstić information content (AvgIpc) is 2.28. The Labute approximate surface area is 109 Å². The minimum atomic E-state index is -0.336. The summed E-state index contributed by atoms with van der Waals surface area (Å²) in [5.74, 6) is -0.0705. The summed E-state index contributed by atoms with van der Waals surface area (Å²) in [5, 5.41) is 3.31. The highest BCUT2D eigenvalue weighted by Gasteiger charge is 2.10. The number of hydrogen-bond donors (Lipinski definition) is 1. The zero-order valence-corrected chi connectivity index (χ0v) is 11.6. The smallest absolute Gasteiger partial charge is 0.165 e. The van der Waals surface area contributed by atoms with E-state index >= 15 is 0 Å². The lowest BCUT2D eigenvalue weighted by atomic mass is 10.1. The van der Waals surface area contributed by atoms with Crippen molar-refractivity contribution >= 4 is 0 Å². The molecule has 1 unspecified atom stereocenters. The normalized spacial score (nSPS) is 13.2. The molecule has 1 atom stereocenters. The molecule has 0 aliphatic heterocycles. The molecular weight excluding hydrogens is 229 g/mol. The van der Waals surface area contributed by atoms with Crippen LogP contribution < -0.4 is 10.1 Å². The molecule has 0 heterocycles. The summed E-state index contributed by atoms with van der Waals surface area (Å²) >= 11 is 0. The fourth-order valence-electron chi connectivity index (χ4n) is 1.37. The summed E-state index contributed by atoms with van der Waals surface area (Å²) in [7, 11) is 0. The molecule has 1 aromatic carbocycles. The van der Waals surface area contributed by atoms with Gasteiger partial charge in [0.2, 0.25) is 0 Å². The Kier molecular flexibility index (Phi) is 4.91. The van der Waals surface area contributed by atoms with Crippen molar-refractivity contribution in [2.24, 2.45) is 0 Å². The zero-order valence-electron chi connectivity index (χ0n) is 11.6. The lowest BCUT2D eigenvalue weighted by Gasteiger charge is -2.20. The monoisotopic (exact) mass is 251 g/mol. The molecule has 0 amide bonds. The highest BCUT2D eigenvalue weighted by molar-refractivity contribution is 5.29. The van der Waals surface area contributed by atoms with Gasteiger partial charge in [-0.2, -0.15) is 0 Å². The maximum absolute atomic E-state index is 13.8. The molecule has 18 heavy (non-hydrogen) atoms. The van der Waals surface area contributed by atoms with Crippen LogP contribution in [0.2, 0.25) is 0 Å². The van der Waals surface area contributed by atoms with Crippen molar-refractivity contribution in [1.82, 2.24) is 5.32 Å². The van der Waals surface area contributed by atoms with E-state index in [1.54, 1.807) is 12.1 Å². The quantitative estimate of drug-likeness (QED) is 0.806. The Morgan fingerprint density at radius 2 is 2.11 bits per heavy atom. The Hall–Kier alpha value is -1.35. The van der Waals surface area contributed by atoms with Crippen LogP contribution in [0.4, 0.5) is 4.39 Å². The van der Waals surface area contributed by atoms with E-state index in [9.17, 15) is 4.39 Å². The van der Waals surface area contributed by atoms with Crippen LogP contribution in [0, 0.1) is 5.82 Å². The van der Waals surface area contributed by atoms with E-state index in [0.29, 0.717) is 6.54 Å². The number of ether oxygens (including phenoxy) is 1. The van der Waals surface area contributed by atoms with E-state index in [4.69, 9.17) is 4.74 Å². The van der Waals surface area contributed by atoms with Crippen LogP contribution in [0.5, 0.6) is 5.75 Å². The molecule has 1 rings (SSSR count). The van der Waals surface area contributed by atoms with Crippen molar-refractivity contribution < 1.29 is 9.13 Å². The summed E-state index contributed by atoms with van der Waals surface area (Å²) in [4.78, 5) is 0. The van der Waals surface area contributed by atoms with Gasteiger partial charge in [0.15, 0.2) is 11.6 Å². The third kappa shape index (κ3) is 4.88. The minimum absolute atomic E-state index is 0.0169. The van der Waals surface area contributed by atoms with Crippen molar-refractivity contribution in [3.63, 3.8) is 0 Å². The van der Waals surface area contributed by atoms with E-state index in [-0.39, 0.29) is 23.2 Å². The van der Waals surface area contributed by atoms with Gasteiger partial charge in [-0.15, -0.1) is 0 Å². The molecule has 0 spiro atoms. The SMILES string of the molecule is C=CC(C)Oc1ccc(CNC(C)(C)C)cc1F. The third-order valence-corrected chi connectivity index (χ3v) is 2.46. The van der Waals surface area contributed by atoms with Crippen molar-refractivity contribution in [1.29, 1.82) is 0 Å². The summed E-state index contributed by atoms with van der Waals surface area (Å²) < 4.78 is 19.2. The lowest BCUT2D eigenvalue weighted by molar-refractivity contribution is 0.257. The van der Waals surface area contributed by atoms with Gasteiger partial charge in [0, 0.05) is 12.1 Å². The Morgan fingerprint density at radius 3 is 2.61 bits per heavy atom. The number of benzene rings is 1. The van der Waals surface area contributed by atoms with Gasteiger partial charge >= 0.3 is 0 Å². The molecule has 1 N–H and O–H groups in total. The maximum Gasteiger partial charge on any atom is 0.165 e. The van der Waals surface area contributed by atoms with Crippen LogP contribution in [0.25, 0.3) is 0 Å². The van der Waals surface area contributed by atoms with Gasteiger partial charge in [-0.1, -0.05) is 18.7 Å². The molecule has 0 aliphatic carbocycles. The van der Waals surface area contributed by atoms with Crippen molar-refractivity contribution in [2.45, 2.75) is 45.9 Å². The van der Waals surface area contributed by atoms with Gasteiger partial charge in [-0.05, 0) is 45.4 Å². The fourth-order valence-corrected chi connectivity index (χ4v) is 1.37. The van der Waals surface area contributed by atoms with Crippen LogP contribution in [0.15, 0.2) is 30.9 Å². The van der Waals surface area contributed by atoms with Gasteiger partial charge in [-0.3, -0.25) is 0 Å². The first-order valence-electron chi connectivity index (χ1n) is 6.14. The number of halogens is 1. The standard InChI is InChI=1S/C15H22FNO/c1-6-11(2)18-14-8-7-12(9-13(14)16)10-17-15(3,4)5/h6-9,11,17H,1,10H2,2-5H3. The number of rotatable bonds is 5. The predicted molar refractivity (Wildman–Crippen MR) is 73.3 cm³/mol. The molecule has 0 aromatic heterocycles. The molecular formula is C15H22FNO. The van der Waals surface area contributed by atoms with Crippen LogP contribution in [-0.2, 0) is 6.54 Å². The third-order valence-electron chi connectivity index (χ3n) is 2.46. The van der Waals surface area contributed by atoms with Crippen molar-refractivity contribution in [3.8, 4) is 5.75 Å². The summed E-state index contributed by atoms with van der Waals surface area (Å²) in [6.07, 6.45) is 1.44. The summed E-state index contributed by atoms with van der Waals surface area (Å²) in [5.41, 5.74) is 0.921. The number of hydrogen-bond acceptors (Lipinski definition) is 2. The molecule has 2 nitrogen and oxygen atoms in total. The van der Waals surface area contributed by atoms with Gasteiger partial charge in [0.1, 0.15) is 6.10 Å². The van der Waals surface area contributed by atoms with E-state index in [2.05, 4.69) is 32.7 Å². The molecule has 3 heteroatoms. The Bertz CT molecular complexity index is 409.